The first kappa shape index (κ1) is 23.4. The Morgan fingerprint density at radius 1 is 1.31 bits per heavy atom. The second-order valence-corrected chi connectivity index (χ2v) is 9.57. The van der Waals surface area contributed by atoms with Crippen LogP contribution >= 0.6 is 11.3 Å². The minimum Gasteiger partial charge on any atom is -0.477 e. The molecule has 3 aromatic rings. The fraction of sp³-hybridized carbons (Fsp3) is 0.435. The zero-order valence-electron chi connectivity index (χ0n) is 18.8. The first-order valence-electron chi connectivity index (χ1n) is 11.5. The van der Waals surface area contributed by atoms with Gasteiger partial charge in [-0.05, 0) is 31.7 Å². The molecular weight excluding hydrogens is 477 g/mol. The van der Waals surface area contributed by atoms with Crippen LogP contribution in [0.2, 0.25) is 0 Å². The molecule has 2 N–H and O–H groups in total. The summed E-state index contributed by atoms with van der Waals surface area (Å²) in [7, 11) is 0. The number of carbonyl (C=O) groups is 2. The van der Waals surface area contributed by atoms with Gasteiger partial charge in [0.1, 0.15) is 5.56 Å². The van der Waals surface area contributed by atoms with E-state index in [0.29, 0.717) is 11.7 Å². The van der Waals surface area contributed by atoms with Crippen LogP contribution in [0.25, 0.3) is 16.2 Å². The molecule has 0 bridgehead atoms. The number of hydrogen-bond donors (Lipinski definition) is 2. The third kappa shape index (κ3) is 4.63. The average molecular weight is 502 g/mol. The van der Waals surface area contributed by atoms with E-state index in [9.17, 15) is 23.9 Å². The van der Waals surface area contributed by atoms with Crippen LogP contribution in [-0.4, -0.2) is 63.9 Å². The molecule has 2 aliphatic rings. The number of anilines is 1. The van der Waals surface area contributed by atoms with Crippen molar-refractivity contribution >= 4 is 40.1 Å². The third-order valence-corrected chi connectivity index (χ3v) is 7.13. The van der Waals surface area contributed by atoms with E-state index in [0.717, 1.165) is 44.6 Å². The minimum absolute atomic E-state index is 0.00457. The number of pyridine rings is 2. The maximum absolute atomic E-state index is 15.0. The van der Waals surface area contributed by atoms with Gasteiger partial charge in [0.15, 0.2) is 22.4 Å². The van der Waals surface area contributed by atoms with Crippen molar-refractivity contribution in [3.63, 3.8) is 0 Å². The van der Waals surface area contributed by atoms with Gasteiger partial charge in [0.25, 0.3) is 0 Å². The van der Waals surface area contributed by atoms with E-state index in [-0.39, 0.29) is 47.9 Å². The van der Waals surface area contributed by atoms with Crippen molar-refractivity contribution in [3.05, 3.63) is 45.4 Å². The van der Waals surface area contributed by atoms with Gasteiger partial charge in [-0.15, -0.1) is 11.3 Å². The van der Waals surface area contributed by atoms with Crippen molar-refractivity contribution in [2.45, 2.75) is 31.8 Å². The number of nitrogens with zero attached hydrogens (tertiary/aromatic N) is 4. The number of carboxylic acid groups (broad SMARTS) is 1. The number of rotatable bonds is 7. The summed E-state index contributed by atoms with van der Waals surface area (Å²) in [5, 5.41) is 14.3. The van der Waals surface area contributed by atoms with Crippen LogP contribution in [0.15, 0.2) is 28.6 Å². The van der Waals surface area contributed by atoms with Crippen LogP contribution in [0.1, 0.15) is 36.0 Å². The van der Waals surface area contributed by atoms with Crippen molar-refractivity contribution in [2.24, 2.45) is 5.92 Å². The van der Waals surface area contributed by atoms with Crippen LogP contribution in [0.5, 0.6) is 0 Å². The predicted molar refractivity (Wildman–Crippen MR) is 127 cm³/mol. The van der Waals surface area contributed by atoms with Gasteiger partial charge in [-0.2, -0.15) is 0 Å². The Balaban J connectivity index is 1.33. The third-order valence-electron chi connectivity index (χ3n) is 6.36. The van der Waals surface area contributed by atoms with Gasteiger partial charge < -0.3 is 20.1 Å². The number of hydrogen-bond acceptors (Lipinski definition) is 8. The standard InChI is InChI=1S/C23H24FN5O5S/c24-17-9-15-18(30)16(22(32)33)12-29(23-26-6-8-35-23)19(15)27-20(17)28-10-13(11-28)21(31)25-5-4-14-3-1-2-7-34-14/h6,8-9,12-14H,1-5,7,10-11H2,(H,25,31)(H,32,33). The summed E-state index contributed by atoms with van der Waals surface area (Å²) in [6.07, 6.45) is 6.90. The summed E-state index contributed by atoms with van der Waals surface area (Å²) in [6, 6.07) is 1.01. The molecule has 10 nitrogen and oxygen atoms in total. The van der Waals surface area contributed by atoms with E-state index in [2.05, 4.69) is 15.3 Å². The molecule has 3 aromatic heterocycles. The normalized spacial score (nSPS) is 18.4. The van der Waals surface area contributed by atoms with Crippen LogP contribution in [-0.2, 0) is 9.53 Å². The molecular formula is C23H24FN5O5S. The number of carbonyl (C=O) groups excluding carboxylic acids is 1. The number of thiazole rings is 1. The number of amides is 1. The van der Waals surface area contributed by atoms with Gasteiger partial charge in [-0.25, -0.2) is 19.2 Å². The van der Waals surface area contributed by atoms with Gasteiger partial charge in [-0.3, -0.25) is 14.2 Å². The predicted octanol–water partition coefficient (Wildman–Crippen LogP) is 2.19. The molecule has 2 aliphatic heterocycles. The summed E-state index contributed by atoms with van der Waals surface area (Å²) in [5.41, 5.74) is -1.21. The van der Waals surface area contributed by atoms with E-state index < -0.39 is 22.8 Å². The van der Waals surface area contributed by atoms with Crippen LogP contribution in [0.4, 0.5) is 10.2 Å². The number of ether oxygens (including phenoxy) is 1. The molecule has 5 rings (SSSR count). The molecule has 0 aromatic carbocycles. The Labute approximate surface area is 203 Å². The lowest BCUT2D eigenvalue weighted by atomic mass is 9.98. The summed E-state index contributed by atoms with van der Waals surface area (Å²) in [5.74, 6) is -2.56. The fourth-order valence-corrected chi connectivity index (χ4v) is 5.04. The van der Waals surface area contributed by atoms with Gasteiger partial charge in [-0.1, -0.05) is 0 Å². The smallest absolute Gasteiger partial charge is 0.341 e. The summed E-state index contributed by atoms with van der Waals surface area (Å²) < 4.78 is 22.0. The van der Waals surface area contributed by atoms with Crippen molar-refractivity contribution in [3.8, 4) is 5.13 Å². The summed E-state index contributed by atoms with van der Waals surface area (Å²) in [4.78, 5) is 46.9. The van der Waals surface area contributed by atoms with Crippen molar-refractivity contribution in [2.75, 3.05) is 31.1 Å². The van der Waals surface area contributed by atoms with E-state index in [1.54, 1.807) is 10.3 Å². The molecule has 5 heterocycles. The molecule has 0 radical (unpaired) electrons. The zero-order chi connectivity index (χ0) is 24.5. The van der Waals surface area contributed by atoms with E-state index in [1.807, 2.05) is 0 Å². The first-order valence-corrected chi connectivity index (χ1v) is 12.3. The number of aromatic nitrogens is 3. The van der Waals surface area contributed by atoms with E-state index in [4.69, 9.17) is 4.74 Å². The van der Waals surface area contributed by atoms with Gasteiger partial charge in [0.05, 0.1) is 17.4 Å². The number of aromatic carboxylic acids is 1. The zero-order valence-corrected chi connectivity index (χ0v) is 19.6. The monoisotopic (exact) mass is 501 g/mol. The first-order chi connectivity index (χ1) is 16.9. The SMILES string of the molecule is O=C(O)c1cn(-c2nccs2)c2nc(N3CC(C(=O)NCCC4CCCCO4)C3)c(F)cc2c1=O. The fourth-order valence-electron chi connectivity index (χ4n) is 4.42. The van der Waals surface area contributed by atoms with Crippen molar-refractivity contribution in [1.29, 1.82) is 0 Å². The average Bonchev–Trinajstić information content (AvgIpc) is 3.34. The van der Waals surface area contributed by atoms with Gasteiger partial charge in [0, 0.05) is 44.0 Å². The van der Waals surface area contributed by atoms with Gasteiger partial charge >= 0.3 is 5.97 Å². The molecule has 0 aliphatic carbocycles. The molecule has 0 saturated carbocycles. The van der Waals surface area contributed by atoms with Crippen LogP contribution < -0.4 is 15.6 Å². The Bertz CT molecular complexity index is 1320. The second-order valence-electron chi connectivity index (χ2n) is 8.70. The highest BCUT2D eigenvalue weighted by molar-refractivity contribution is 7.12. The molecule has 2 saturated heterocycles. The topological polar surface area (TPSA) is 127 Å². The molecule has 184 valence electrons. The number of nitrogens with one attached hydrogen (secondary N) is 1. The van der Waals surface area contributed by atoms with Gasteiger partial charge in [0.2, 0.25) is 11.3 Å². The second kappa shape index (κ2) is 9.70. The molecule has 2 fully saturated rings. The molecule has 1 amide bonds. The quantitative estimate of drug-likeness (QED) is 0.505. The summed E-state index contributed by atoms with van der Waals surface area (Å²) >= 11 is 1.23. The minimum atomic E-state index is -1.42. The van der Waals surface area contributed by atoms with Crippen LogP contribution in [0.3, 0.4) is 0 Å². The highest BCUT2D eigenvalue weighted by Crippen LogP contribution is 2.29. The molecule has 0 spiro atoms. The Hall–Kier alpha value is -3.38. The number of halogens is 1. The van der Waals surface area contributed by atoms with E-state index >= 15 is 0 Å². The Morgan fingerprint density at radius 2 is 2.14 bits per heavy atom. The van der Waals surface area contributed by atoms with Crippen molar-refractivity contribution < 1.29 is 23.8 Å². The van der Waals surface area contributed by atoms with E-state index in [1.165, 1.54) is 22.1 Å². The molecule has 1 atom stereocenters. The molecule has 12 heteroatoms. The highest BCUT2D eigenvalue weighted by atomic mass is 32.1. The Kier molecular flexibility index (Phi) is 6.48. The lowest BCUT2D eigenvalue weighted by molar-refractivity contribution is -0.125. The maximum Gasteiger partial charge on any atom is 0.341 e. The van der Waals surface area contributed by atoms with Crippen molar-refractivity contribution in [1.82, 2.24) is 19.9 Å². The lowest BCUT2D eigenvalue weighted by Crippen LogP contribution is -2.54. The highest BCUT2D eigenvalue weighted by Gasteiger charge is 2.35. The largest absolute Gasteiger partial charge is 0.477 e. The molecule has 35 heavy (non-hydrogen) atoms. The number of fused-ring (bicyclic) bond motifs is 1. The molecule has 1 unspecified atom stereocenters. The lowest BCUT2D eigenvalue weighted by Gasteiger charge is -2.39. The summed E-state index contributed by atoms with van der Waals surface area (Å²) in [6.45, 7) is 1.88. The Morgan fingerprint density at radius 3 is 2.83 bits per heavy atom. The maximum atomic E-state index is 15.0. The number of carboxylic acids is 1. The van der Waals surface area contributed by atoms with Crippen LogP contribution in [0, 0.1) is 11.7 Å².